The van der Waals surface area contributed by atoms with Crippen LogP contribution in [0.4, 0.5) is 0 Å². The number of aliphatic hydroxyl groups is 1. The van der Waals surface area contributed by atoms with Crippen LogP contribution in [0.15, 0.2) is 47.1 Å². The van der Waals surface area contributed by atoms with Crippen LogP contribution in [0.1, 0.15) is 22.9 Å². The molecule has 0 spiro atoms. The second kappa shape index (κ2) is 5.43. The molecule has 1 atom stereocenters. The minimum absolute atomic E-state index is 0.551. The summed E-state index contributed by atoms with van der Waals surface area (Å²) in [5.41, 5.74) is 3.04. The Balaban J connectivity index is 2.11. The third-order valence-electron chi connectivity index (χ3n) is 2.60. The number of aliphatic hydroxyl groups excluding tert-OH is 1. The third-order valence-corrected chi connectivity index (χ3v) is 3.07. The summed E-state index contributed by atoms with van der Waals surface area (Å²) in [7, 11) is 0. The lowest BCUT2D eigenvalue weighted by Gasteiger charge is -2.10. The first-order valence-electron chi connectivity index (χ1n) is 5.50. The van der Waals surface area contributed by atoms with Gasteiger partial charge in [-0.25, -0.2) is 0 Å². The van der Waals surface area contributed by atoms with Crippen LogP contribution < -0.4 is 0 Å². The number of hydrogen-bond donors (Lipinski definition) is 1. The molecule has 0 radical (unpaired) electrons. The first kappa shape index (κ1) is 12.3. The van der Waals surface area contributed by atoms with Crippen molar-refractivity contribution < 1.29 is 5.11 Å². The van der Waals surface area contributed by atoms with Crippen LogP contribution in [-0.4, -0.2) is 10.1 Å². The Morgan fingerprint density at radius 3 is 2.76 bits per heavy atom. The molecule has 1 N–H and O–H groups in total. The summed E-state index contributed by atoms with van der Waals surface area (Å²) in [5.74, 6) is 0. The summed E-state index contributed by atoms with van der Waals surface area (Å²) in [6, 6.07) is 11.9. The fourth-order valence-corrected chi connectivity index (χ4v) is 1.99. The zero-order valence-corrected chi connectivity index (χ0v) is 11.2. The number of hydrogen-bond acceptors (Lipinski definition) is 2. The smallest absolute Gasteiger partial charge is 0.0999 e. The van der Waals surface area contributed by atoms with Crippen molar-refractivity contribution in [3.63, 3.8) is 0 Å². The van der Waals surface area contributed by atoms with E-state index in [1.807, 2.05) is 37.3 Å². The molecule has 0 amide bonds. The quantitative estimate of drug-likeness (QED) is 0.940. The highest BCUT2D eigenvalue weighted by molar-refractivity contribution is 9.10. The second-order valence-electron chi connectivity index (χ2n) is 4.11. The monoisotopic (exact) mass is 291 g/mol. The Labute approximate surface area is 109 Å². The van der Waals surface area contributed by atoms with Gasteiger partial charge in [0.05, 0.1) is 11.8 Å². The van der Waals surface area contributed by atoms with Crippen molar-refractivity contribution >= 4 is 15.9 Å². The maximum Gasteiger partial charge on any atom is 0.0999 e. The van der Waals surface area contributed by atoms with Crippen molar-refractivity contribution in [3.8, 4) is 0 Å². The number of nitrogens with zero attached hydrogens (tertiary/aromatic N) is 1. The van der Waals surface area contributed by atoms with Gasteiger partial charge in [-0.2, -0.15) is 0 Å². The van der Waals surface area contributed by atoms with Crippen molar-refractivity contribution in [1.29, 1.82) is 0 Å². The molecule has 17 heavy (non-hydrogen) atoms. The summed E-state index contributed by atoms with van der Waals surface area (Å²) < 4.78 is 0.920. The molecule has 3 heteroatoms. The van der Waals surface area contributed by atoms with Crippen LogP contribution in [0, 0.1) is 6.92 Å². The zero-order valence-electron chi connectivity index (χ0n) is 9.60. The molecule has 0 bridgehead atoms. The molecule has 1 heterocycles. The van der Waals surface area contributed by atoms with E-state index in [1.54, 1.807) is 6.20 Å². The molecule has 0 fully saturated rings. The van der Waals surface area contributed by atoms with Gasteiger partial charge >= 0.3 is 0 Å². The van der Waals surface area contributed by atoms with Crippen molar-refractivity contribution in [1.82, 2.24) is 4.98 Å². The van der Waals surface area contributed by atoms with E-state index in [0.717, 1.165) is 10.0 Å². The number of halogens is 1. The molecule has 0 aliphatic rings. The number of aryl methyl sites for hydroxylation is 1. The highest BCUT2D eigenvalue weighted by Crippen LogP contribution is 2.18. The SMILES string of the molecule is Cc1cccc(CC(O)c2ccc(Br)cn2)c1. The molecule has 1 aromatic carbocycles. The Hall–Kier alpha value is -1.19. The summed E-state index contributed by atoms with van der Waals surface area (Å²) >= 11 is 3.33. The van der Waals surface area contributed by atoms with E-state index in [0.29, 0.717) is 12.1 Å². The van der Waals surface area contributed by atoms with Gasteiger partial charge in [-0.15, -0.1) is 0 Å². The van der Waals surface area contributed by atoms with Crippen LogP contribution in [0.2, 0.25) is 0 Å². The number of rotatable bonds is 3. The first-order chi connectivity index (χ1) is 8.15. The minimum Gasteiger partial charge on any atom is -0.386 e. The Morgan fingerprint density at radius 2 is 2.12 bits per heavy atom. The molecule has 0 saturated carbocycles. The van der Waals surface area contributed by atoms with Gasteiger partial charge in [0, 0.05) is 17.1 Å². The van der Waals surface area contributed by atoms with Crippen LogP contribution in [-0.2, 0) is 6.42 Å². The van der Waals surface area contributed by atoms with Gasteiger partial charge < -0.3 is 5.11 Å². The molecule has 0 aliphatic heterocycles. The topological polar surface area (TPSA) is 33.1 Å². The lowest BCUT2D eigenvalue weighted by molar-refractivity contribution is 0.173. The van der Waals surface area contributed by atoms with Crippen molar-refractivity contribution in [2.24, 2.45) is 0 Å². The van der Waals surface area contributed by atoms with Gasteiger partial charge in [-0.1, -0.05) is 29.8 Å². The summed E-state index contributed by atoms with van der Waals surface area (Å²) in [4.78, 5) is 4.20. The van der Waals surface area contributed by atoms with E-state index < -0.39 is 6.10 Å². The molecular weight excluding hydrogens is 278 g/mol. The molecule has 2 rings (SSSR count). The van der Waals surface area contributed by atoms with Gasteiger partial charge in [0.2, 0.25) is 0 Å². The van der Waals surface area contributed by atoms with Gasteiger partial charge in [0.25, 0.3) is 0 Å². The molecule has 88 valence electrons. The predicted octanol–water partition coefficient (Wildman–Crippen LogP) is 3.43. The zero-order chi connectivity index (χ0) is 12.3. The fourth-order valence-electron chi connectivity index (χ4n) is 1.75. The Bertz CT molecular complexity index is 496. The second-order valence-corrected chi connectivity index (χ2v) is 5.03. The Kier molecular flexibility index (Phi) is 3.92. The summed E-state index contributed by atoms with van der Waals surface area (Å²) in [6.07, 6.45) is 1.75. The van der Waals surface area contributed by atoms with Crippen molar-refractivity contribution in [3.05, 3.63) is 63.9 Å². The van der Waals surface area contributed by atoms with Crippen molar-refractivity contribution in [2.45, 2.75) is 19.4 Å². The molecule has 0 saturated heterocycles. The van der Waals surface area contributed by atoms with Crippen LogP contribution in [0.5, 0.6) is 0 Å². The summed E-state index contributed by atoms with van der Waals surface area (Å²) in [6.45, 7) is 2.05. The maximum atomic E-state index is 10.1. The average molecular weight is 292 g/mol. The molecule has 1 unspecified atom stereocenters. The first-order valence-corrected chi connectivity index (χ1v) is 6.29. The predicted molar refractivity (Wildman–Crippen MR) is 71.8 cm³/mol. The number of pyridine rings is 1. The summed E-state index contributed by atoms with van der Waals surface area (Å²) in [5, 5.41) is 10.1. The molecule has 2 nitrogen and oxygen atoms in total. The highest BCUT2D eigenvalue weighted by Gasteiger charge is 2.09. The van der Waals surface area contributed by atoms with E-state index in [9.17, 15) is 5.11 Å². The van der Waals surface area contributed by atoms with E-state index in [4.69, 9.17) is 0 Å². The maximum absolute atomic E-state index is 10.1. The molecule has 2 aromatic rings. The fraction of sp³-hybridized carbons (Fsp3) is 0.214. The molecule has 1 aromatic heterocycles. The van der Waals surface area contributed by atoms with Crippen molar-refractivity contribution in [2.75, 3.05) is 0 Å². The lowest BCUT2D eigenvalue weighted by Crippen LogP contribution is -2.04. The van der Waals surface area contributed by atoms with E-state index in [2.05, 4.69) is 27.0 Å². The largest absolute Gasteiger partial charge is 0.386 e. The molecule has 0 aliphatic carbocycles. The molecular formula is C14H14BrNO. The lowest BCUT2D eigenvalue weighted by atomic mass is 10.0. The van der Waals surface area contributed by atoms with Crippen LogP contribution in [0.25, 0.3) is 0 Å². The van der Waals surface area contributed by atoms with E-state index in [1.165, 1.54) is 5.56 Å². The highest BCUT2D eigenvalue weighted by atomic mass is 79.9. The Morgan fingerprint density at radius 1 is 1.29 bits per heavy atom. The van der Waals surface area contributed by atoms with Gasteiger partial charge in [0.15, 0.2) is 0 Å². The standard InChI is InChI=1S/C14H14BrNO/c1-10-3-2-4-11(7-10)8-14(17)13-6-5-12(15)9-16-13/h2-7,9,14,17H,8H2,1H3. The van der Waals surface area contributed by atoms with Gasteiger partial charge in [-0.3, -0.25) is 4.98 Å². The van der Waals surface area contributed by atoms with Crippen LogP contribution >= 0.6 is 15.9 Å². The van der Waals surface area contributed by atoms with E-state index in [-0.39, 0.29) is 0 Å². The number of aromatic nitrogens is 1. The average Bonchev–Trinajstić information content (AvgIpc) is 2.29. The van der Waals surface area contributed by atoms with E-state index >= 15 is 0 Å². The minimum atomic E-state index is -0.551. The normalized spacial score (nSPS) is 12.4. The van der Waals surface area contributed by atoms with Crippen LogP contribution in [0.3, 0.4) is 0 Å². The van der Waals surface area contributed by atoms with Gasteiger partial charge in [0.1, 0.15) is 0 Å². The third kappa shape index (κ3) is 3.38. The number of benzene rings is 1. The van der Waals surface area contributed by atoms with Gasteiger partial charge in [-0.05, 0) is 40.5 Å².